The molecule has 33 heavy (non-hydrogen) atoms. The number of rotatable bonds is 7. The van der Waals surface area contributed by atoms with Crippen molar-refractivity contribution in [3.63, 3.8) is 0 Å². The maximum Gasteiger partial charge on any atom is 0.248 e. The summed E-state index contributed by atoms with van der Waals surface area (Å²) in [5.74, 6) is 0.757. The Labute approximate surface area is 191 Å². The van der Waals surface area contributed by atoms with Crippen LogP contribution in [0.3, 0.4) is 0 Å². The van der Waals surface area contributed by atoms with Crippen molar-refractivity contribution >= 4 is 22.9 Å². The standard InChI is InChI=1S/C24H25N7O2/c25-21(32)17-6-8-18(9-7-17)22-28-23(26-10-11-30-12-14-33-15-13-30)20-24(29-22)31(16-27-20)19-4-2-1-3-5-19/h1-9,16H,10-15H2,(H2,25,32)(H,26,28,29). The fourth-order valence-corrected chi connectivity index (χ4v) is 3.87. The summed E-state index contributed by atoms with van der Waals surface area (Å²) in [6.45, 7) is 5.01. The lowest BCUT2D eigenvalue weighted by Gasteiger charge is -2.26. The molecule has 0 atom stereocenters. The second kappa shape index (κ2) is 9.35. The molecule has 3 N–H and O–H groups in total. The first-order valence-corrected chi connectivity index (χ1v) is 10.9. The molecule has 0 saturated carbocycles. The normalized spacial score (nSPS) is 14.4. The van der Waals surface area contributed by atoms with Crippen molar-refractivity contribution in [3.05, 3.63) is 66.5 Å². The Bertz CT molecular complexity index is 1250. The number of carbonyl (C=O) groups is 1. The second-order valence-corrected chi connectivity index (χ2v) is 7.84. The van der Waals surface area contributed by atoms with Gasteiger partial charge in [-0.2, -0.15) is 0 Å². The Kier molecular flexibility index (Phi) is 5.97. The molecule has 1 fully saturated rings. The van der Waals surface area contributed by atoms with Gasteiger partial charge in [-0.25, -0.2) is 15.0 Å². The number of aromatic nitrogens is 4. The van der Waals surface area contributed by atoms with E-state index in [1.54, 1.807) is 18.5 Å². The molecule has 5 rings (SSSR count). The highest BCUT2D eigenvalue weighted by atomic mass is 16.5. The molecule has 2 aromatic carbocycles. The smallest absolute Gasteiger partial charge is 0.248 e. The van der Waals surface area contributed by atoms with Crippen LogP contribution in [0.5, 0.6) is 0 Å². The third-order valence-electron chi connectivity index (χ3n) is 5.68. The molecule has 0 spiro atoms. The van der Waals surface area contributed by atoms with E-state index >= 15 is 0 Å². The number of benzene rings is 2. The summed E-state index contributed by atoms with van der Waals surface area (Å²) < 4.78 is 7.38. The van der Waals surface area contributed by atoms with E-state index in [0.717, 1.165) is 50.6 Å². The van der Waals surface area contributed by atoms with Crippen LogP contribution in [0.25, 0.3) is 28.2 Å². The predicted molar refractivity (Wildman–Crippen MR) is 126 cm³/mol. The van der Waals surface area contributed by atoms with E-state index in [9.17, 15) is 4.79 Å². The van der Waals surface area contributed by atoms with Gasteiger partial charge in [0.25, 0.3) is 0 Å². The fourth-order valence-electron chi connectivity index (χ4n) is 3.87. The molecule has 0 bridgehead atoms. The van der Waals surface area contributed by atoms with E-state index in [2.05, 4.69) is 15.2 Å². The number of nitrogens with one attached hydrogen (secondary N) is 1. The van der Waals surface area contributed by atoms with Crippen LogP contribution in [0.2, 0.25) is 0 Å². The molecule has 168 valence electrons. The summed E-state index contributed by atoms with van der Waals surface area (Å²) in [7, 11) is 0. The summed E-state index contributed by atoms with van der Waals surface area (Å²) in [5, 5.41) is 3.46. The van der Waals surface area contributed by atoms with Gasteiger partial charge in [0.2, 0.25) is 5.91 Å². The number of ether oxygens (including phenoxy) is 1. The van der Waals surface area contributed by atoms with Gasteiger partial charge >= 0.3 is 0 Å². The van der Waals surface area contributed by atoms with Crippen molar-refractivity contribution in [1.82, 2.24) is 24.4 Å². The van der Waals surface area contributed by atoms with Gasteiger partial charge in [-0.3, -0.25) is 14.3 Å². The minimum Gasteiger partial charge on any atom is -0.379 e. The molecule has 1 saturated heterocycles. The van der Waals surface area contributed by atoms with E-state index < -0.39 is 5.91 Å². The molecule has 3 heterocycles. The molecule has 0 radical (unpaired) electrons. The van der Waals surface area contributed by atoms with Crippen LogP contribution in [-0.4, -0.2) is 69.7 Å². The number of carbonyl (C=O) groups excluding carboxylic acids is 1. The molecule has 1 aliphatic rings. The first-order chi connectivity index (χ1) is 16.2. The number of anilines is 1. The number of hydrogen-bond donors (Lipinski definition) is 2. The van der Waals surface area contributed by atoms with Crippen molar-refractivity contribution < 1.29 is 9.53 Å². The Hall–Kier alpha value is -3.82. The quantitative estimate of drug-likeness (QED) is 0.451. The molecule has 2 aromatic heterocycles. The Morgan fingerprint density at radius 3 is 2.52 bits per heavy atom. The topological polar surface area (TPSA) is 111 Å². The maximum absolute atomic E-state index is 11.5. The molecule has 4 aromatic rings. The Morgan fingerprint density at radius 2 is 1.79 bits per heavy atom. The van der Waals surface area contributed by atoms with E-state index in [0.29, 0.717) is 28.4 Å². The van der Waals surface area contributed by atoms with Crippen molar-refractivity contribution in [2.24, 2.45) is 5.73 Å². The number of fused-ring (bicyclic) bond motifs is 1. The third kappa shape index (κ3) is 4.55. The largest absolute Gasteiger partial charge is 0.379 e. The zero-order chi connectivity index (χ0) is 22.6. The molecular formula is C24H25N7O2. The van der Waals surface area contributed by atoms with Crippen LogP contribution < -0.4 is 11.1 Å². The van der Waals surface area contributed by atoms with Crippen LogP contribution in [0.15, 0.2) is 60.9 Å². The third-order valence-corrected chi connectivity index (χ3v) is 5.68. The molecule has 9 nitrogen and oxygen atoms in total. The van der Waals surface area contributed by atoms with Crippen LogP contribution in [0.1, 0.15) is 10.4 Å². The number of imidazole rings is 1. The molecule has 9 heteroatoms. The van der Waals surface area contributed by atoms with Gasteiger partial charge in [-0.15, -0.1) is 0 Å². The highest BCUT2D eigenvalue weighted by Crippen LogP contribution is 2.26. The minimum atomic E-state index is -0.467. The van der Waals surface area contributed by atoms with Crippen LogP contribution in [0, 0.1) is 0 Å². The Morgan fingerprint density at radius 1 is 1.03 bits per heavy atom. The molecule has 0 aliphatic carbocycles. The first-order valence-electron chi connectivity index (χ1n) is 10.9. The average Bonchev–Trinajstić information content (AvgIpc) is 3.29. The number of nitrogens with two attached hydrogens (primary N) is 1. The van der Waals surface area contributed by atoms with E-state index in [1.165, 1.54) is 0 Å². The van der Waals surface area contributed by atoms with Crippen molar-refractivity contribution in [2.75, 3.05) is 44.7 Å². The van der Waals surface area contributed by atoms with Crippen molar-refractivity contribution in [3.8, 4) is 17.1 Å². The number of primary amides is 1. The number of morpholine rings is 1. The first kappa shape index (κ1) is 21.0. The van der Waals surface area contributed by atoms with Gasteiger partial charge < -0.3 is 15.8 Å². The molecule has 1 aliphatic heterocycles. The molecule has 0 unspecified atom stereocenters. The minimum absolute atomic E-state index is 0.443. The maximum atomic E-state index is 11.5. The number of nitrogens with zero attached hydrogens (tertiary/aromatic N) is 5. The second-order valence-electron chi connectivity index (χ2n) is 7.84. The zero-order valence-electron chi connectivity index (χ0n) is 18.1. The van der Waals surface area contributed by atoms with E-state index in [4.69, 9.17) is 20.4 Å². The van der Waals surface area contributed by atoms with Gasteiger partial charge in [0, 0.05) is 43.0 Å². The van der Waals surface area contributed by atoms with Crippen LogP contribution >= 0.6 is 0 Å². The lowest BCUT2D eigenvalue weighted by molar-refractivity contribution is 0.0398. The van der Waals surface area contributed by atoms with E-state index in [-0.39, 0.29) is 0 Å². The monoisotopic (exact) mass is 443 g/mol. The summed E-state index contributed by atoms with van der Waals surface area (Å²) in [6, 6.07) is 16.9. The summed E-state index contributed by atoms with van der Waals surface area (Å²) in [5.41, 5.74) is 9.00. The lowest BCUT2D eigenvalue weighted by atomic mass is 10.1. The SMILES string of the molecule is NC(=O)c1ccc(-c2nc(NCCN3CCOCC3)c3ncn(-c4ccccc4)c3n2)cc1. The number of hydrogen-bond acceptors (Lipinski definition) is 7. The highest BCUT2D eigenvalue weighted by Gasteiger charge is 2.16. The van der Waals surface area contributed by atoms with Gasteiger partial charge in [0.05, 0.1) is 13.2 Å². The van der Waals surface area contributed by atoms with Crippen LogP contribution in [-0.2, 0) is 4.74 Å². The number of amides is 1. The Balaban J connectivity index is 1.51. The van der Waals surface area contributed by atoms with Gasteiger partial charge in [-0.05, 0) is 24.3 Å². The molecule has 1 amide bonds. The highest BCUT2D eigenvalue weighted by molar-refractivity contribution is 5.93. The number of para-hydroxylation sites is 1. The van der Waals surface area contributed by atoms with Gasteiger partial charge in [0.15, 0.2) is 22.8 Å². The lowest BCUT2D eigenvalue weighted by Crippen LogP contribution is -2.39. The zero-order valence-corrected chi connectivity index (χ0v) is 18.1. The predicted octanol–water partition coefficient (Wildman–Crippen LogP) is 2.33. The van der Waals surface area contributed by atoms with Crippen LogP contribution in [0.4, 0.5) is 5.82 Å². The van der Waals surface area contributed by atoms with Crippen molar-refractivity contribution in [2.45, 2.75) is 0 Å². The van der Waals surface area contributed by atoms with Gasteiger partial charge in [-0.1, -0.05) is 30.3 Å². The van der Waals surface area contributed by atoms with Gasteiger partial charge in [0.1, 0.15) is 6.33 Å². The molecular weight excluding hydrogens is 418 g/mol. The summed E-state index contributed by atoms with van der Waals surface area (Å²) in [4.78, 5) is 28.0. The fraction of sp³-hybridized carbons (Fsp3) is 0.250. The average molecular weight is 444 g/mol. The summed E-state index contributed by atoms with van der Waals surface area (Å²) >= 11 is 0. The van der Waals surface area contributed by atoms with Crippen molar-refractivity contribution in [1.29, 1.82) is 0 Å². The summed E-state index contributed by atoms with van der Waals surface area (Å²) in [6.07, 6.45) is 1.77. The van der Waals surface area contributed by atoms with E-state index in [1.807, 2.05) is 47.0 Å².